The highest BCUT2D eigenvalue weighted by Crippen LogP contribution is 2.26. The topological polar surface area (TPSA) is 61.4 Å². The van der Waals surface area contributed by atoms with E-state index in [2.05, 4.69) is 10.6 Å². The standard InChI is InChI=1S/C15H19N3O2/c19-13-15(7-9-16-10-8-15)17-14(20)18(13)11-6-12-4-2-1-3-5-12/h1-5,16H,6-11H2,(H,17,20). The summed E-state index contributed by atoms with van der Waals surface area (Å²) in [6, 6.07) is 9.68. The first-order valence-corrected chi connectivity index (χ1v) is 7.10. The van der Waals surface area contributed by atoms with Crippen molar-refractivity contribution in [2.75, 3.05) is 19.6 Å². The van der Waals surface area contributed by atoms with Gasteiger partial charge in [0.1, 0.15) is 5.54 Å². The molecule has 0 radical (unpaired) electrons. The molecule has 1 spiro atoms. The Hall–Kier alpha value is -1.88. The molecule has 0 aromatic heterocycles. The third-order valence-corrected chi connectivity index (χ3v) is 4.17. The van der Waals surface area contributed by atoms with Crippen molar-refractivity contribution >= 4 is 11.9 Å². The van der Waals surface area contributed by atoms with Crippen molar-refractivity contribution in [2.45, 2.75) is 24.8 Å². The lowest BCUT2D eigenvalue weighted by molar-refractivity contribution is -0.132. The van der Waals surface area contributed by atoms with Crippen molar-refractivity contribution in [1.29, 1.82) is 0 Å². The van der Waals surface area contributed by atoms with Crippen molar-refractivity contribution in [3.63, 3.8) is 0 Å². The summed E-state index contributed by atoms with van der Waals surface area (Å²) in [5.74, 6) is -0.0556. The molecule has 5 heteroatoms. The number of amides is 3. The fourth-order valence-corrected chi connectivity index (χ4v) is 2.96. The maximum absolute atomic E-state index is 12.5. The van der Waals surface area contributed by atoms with Crippen molar-refractivity contribution in [3.05, 3.63) is 35.9 Å². The van der Waals surface area contributed by atoms with Gasteiger partial charge in [-0.1, -0.05) is 30.3 Å². The molecule has 3 rings (SSSR count). The van der Waals surface area contributed by atoms with E-state index < -0.39 is 5.54 Å². The van der Waals surface area contributed by atoms with E-state index in [-0.39, 0.29) is 11.9 Å². The summed E-state index contributed by atoms with van der Waals surface area (Å²) in [5.41, 5.74) is 0.485. The van der Waals surface area contributed by atoms with Crippen LogP contribution in [0, 0.1) is 0 Å². The van der Waals surface area contributed by atoms with Crippen LogP contribution in [0.15, 0.2) is 30.3 Å². The molecular weight excluding hydrogens is 254 g/mol. The van der Waals surface area contributed by atoms with Crippen molar-refractivity contribution in [2.24, 2.45) is 0 Å². The number of imide groups is 1. The molecule has 20 heavy (non-hydrogen) atoms. The Kier molecular flexibility index (Phi) is 3.44. The Morgan fingerprint density at radius 1 is 1.10 bits per heavy atom. The van der Waals surface area contributed by atoms with Gasteiger partial charge in [-0.25, -0.2) is 4.79 Å². The lowest BCUT2D eigenvalue weighted by atomic mass is 9.88. The molecule has 1 aromatic carbocycles. The zero-order chi connectivity index (χ0) is 14.0. The summed E-state index contributed by atoms with van der Waals surface area (Å²) in [4.78, 5) is 26.0. The maximum Gasteiger partial charge on any atom is 0.325 e. The molecule has 0 unspecified atom stereocenters. The van der Waals surface area contributed by atoms with Gasteiger partial charge < -0.3 is 10.6 Å². The van der Waals surface area contributed by atoms with Crippen LogP contribution in [0.4, 0.5) is 4.79 Å². The second-order valence-electron chi connectivity index (χ2n) is 5.45. The molecule has 106 valence electrons. The lowest BCUT2D eigenvalue weighted by Crippen LogP contribution is -2.53. The van der Waals surface area contributed by atoms with Crippen LogP contribution in [0.5, 0.6) is 0 Å². The van der Waals surface area contributed by atoms with E-state index in [4.69, 9.17) is 0 Å². The van der Waals surface area contributed by atoms with Gasteiger partial charge in [-0.2, -0.15) is 0 Å². The van der Waals surface area contributed by atoms with Crippen LogP contribution in [0.25, 0.3) is 0 Å². The van der Waals surface area contributed by atoms with Gasteiger partial charge in [0.15, 0.2) is 0 Å². The van der Waals surface area contributed by atoms with E-state index in [0.717, 1.165) is 18.7 Å². The van der Waals surface area contributed by atoms with E-state index in [1.807, 2.05) is 30.3 Å². The Labute approximate surface area is 118 Å². The summed E-state index contributed by atoms with van der Waals surface area (Å²) >= 11 is 0. The number of urea groups is 1. The summed E-state index contributed by atoms with van der Waals surface area (Å²) < 4.78 is 0. The fourth-order valence-electron chi connectivity index (χ4n) is 2.96. The molecule has 0 saturated carbocycles. The van der Waals surface area contributed by atoms with E-state index in [1.54, 1.807) is 0 Å². The average molecular weight is 273 g/mol. The van der Waals surface area contributed by atoms with Gasteiger partial charge >= 0.3 is 6.03 Å². The molecule has 0 aliphatic carbocycles. The third kappa shape index (κ3) is 2.29. The number of piperidine rings is 1. The monoisotopic (exact) mass is 273 g/mol. The number of carbonyl (C=O) groups excluding carboxylic acids is 2. The summed E-state index contributed by atoms with van der Waals surface area (Å²) in [5, 5.41) is 6.12. The van der Waals surface area contributed by atoms with Crippen LogP contribution < -0.4 is 10.6 Å². The summed E-state index contributed by atoms with van der Waals surface area (Å²) in [6.45, 7) is 2.00. The van der Waals surface area contributed by atoms with Crippen LogP contribution in [0.3, 0.4) is 0 Å². The molecule has 2 aliphatic heterocycles. The minimum absolute atomic E-state index is 0.0556. The molecular formula is C15H19N3O2. The van der Waals surface area contributed by atoms with E-state index >= 15 is 0 Å². The highest BCUT2D eigenvalue weighted by molar-refractivity contribution is 6.07. The molecule has 2 saturated heterocycles. The molecule has 2 aliphatic rings. The number of hydrogen-bond acceptors (Lipinski definition) is 3. The SMILES string of the molecule is O=C1NC2(CCNCC2)C(=O)N1CCc1ccccc1. The fraction of sp³-hybridized carbons (Fsp3) is 0.467. The average Bonchev–Trinajstić information content (AvgIpc) is 2.70. The number of nitrogens with one attached hydrogen (secondary N) is 2. The van der Waals surface area contributed by atoms with Gasteiger partial charge in [0.05, 0.1) is 0 Å². The zero-order valence-corrected chi connectivity index (χ0v) is 11.4. The minimum atomic E-state index is -0.654. The van der Waals surface area contributed by atoms with Gasteiger partial charge in [0.2, 0.25) is 0 Å². The quantitative estimate of drug-likeness (QED) is 0.805. The zero-order valence-electron chi connectivity index (χ0n) is 11.4. The number of hydrogen-bond donors (Lipinski definition) is 2. The van der Waals surface area contributed by atoms with Crippen LogP contribution in [0.2, 0.25) is 0 Å². The van der Waals surface area contributed by atoms with Crippen LogP contribution in [-0.2, 0) is 11.2 Å². The van der Waals surface area contributed by atoms with Crippen LogP contribution in [-0.4, -0.2) is 42.0 Å². The molecule has 2 fully saturated rings. The van der Waals surface area contributed by atoms with Crippen molar-refractivity contribution < 1.29 is 9.59 Å². The highest BCUT2D eigenvalue weighted by Gasteiger charge is 2.50. The highest BCUT2D eigenvalue weighted by atomic mass is 16.2. The second-order valence-corrected chi connectivity index (χ2v) is 5.45. The van der Waals surface area contributed by atoms with Crippen molar-refractivity contribution in [3.8, 4) is 0 Å². The van der Waals surface area contributed by atoms with Gasteiger partial charge in [0.25, 0.3) is 5.91 Å². The second kappa shape index (κ2) is 5.25. The number of carbonyl (C=O) groups is 2. The smallest absolute Gasteiger partial charge is 0.323 e. The van der Waals surface area contributed by atoms with Gasteiger partial charge in [0, 0.05) is 6.54 Å². The first-order valence-electron chi connectivity index (χ1n) is 7.10. The van der Waals surface area contributed by atoms with Crippen molar-refractivity contribution in [1.82, 2.24) is 15.5 Å². The largest absolute Gasteiger partial charge is 0.325 e. The van der Waals surface area contributed by atoms with Gasteiger partial charge in [-0.05, 0) is 37.9 Å². The van der Waals surface area contributed by atoms with Crippen LogP contribution in [0.1, 0.15) is 18.4 Å². The molecule has 2 heterocycles. The van der Waals surface area contributed by atoms with E-state index in [1.165, 1.54) is 4.90 Å². The Balaban J connectivity index is 1.68. The molecule has 1 aromatic rings. The molecule has 0 bridgehead atoms. The summed E-state index contributed by atoms with van der Waals surface area (Å²) in [7, 11) is 0. The third-order valence-electron chi connectivity index (χ3n) is 4.17. The van der Waals surface area contributed by atoms with E-state index in [0.29, 0.717) is 25.8 Å². The Morgan fingerprint density at radius 2 is 1.80 bits per heavy atom. The van der Waals surface area contributed by atoms with Gasteiger partial charge in [-0.3, -0.25) is 9.69 Å². The van der Waals surface area contributed by atoms with Crippen LogP contribution >= 0.6 is 0 Å². The Bertz CT molecular complexity index is 509. The minimum Gasteiger partial charge on any atom is -0.323 e. The normalized spacial score (nSPS) is 21.3. The molecule has 5 nitrogen and oxygen atoms in total. The molecule has 0 atom stereocenters. The first-order chi connectivity index (χ1) is 9.71. The number of rotatable bonds is 3. The first kappa shape index (κ1) is 13.1. The van der Waals surface area contributed by atoms with Gasteiger partial charge in [-0.15, -0.1) is 0 Å². The number of nitrogens with zero attached hydrogens (tertiary/aromatic N) is 1. The van der Waals surface area contributed by atoms with E-state index in [9.17, 15) is 9.59 Å². The molecule has 3 amide bonds. The maximum atomic E-state index is 12.5. The predicted molar refractivity (Wildman–Crippen MR) is 75.2 cm³/mol. The lowest BCUT2D eigenvalue weighted by Gasteiger charge is -2.31. The number of benzene rings is 1. The predicted octanol–water partition coefficient (Wildman–Crippen LogP) is 0.903. The molecule has 2 N–H and O–H groups in total. The summed E-state index contributed by atoms with van der Waals surface area (Å²) in [6.07, 6.45) is 2.06. The Morgan fingerprint density at radius 3 is 2.50 bits per heavy atom.